The lowest BCUT2D eigenvalue weighted by Crippen LogP contribution is -1.92. The fourth-order valence-electron chi connectivity index (χ4n) is 3.24. The zero-order valence-electron chi connectivity index (χ0n) is 16.9. The molecule has 0 spiro atoms. The van der Waals surface area contributed by atoms with E-state index in [-0.39, 0.29) is 0 Å². The highest BCUT2D eigenvalue weighted by atomic mass is 35.5. The number of ether oxygens (including phenoxy) is 2. The SMILES string of the molecule is ClCc1ccc(Oc2cccc(Cc3cccc(Oc4ccc(CCl)cc4)c3)c2)cc1. The van der Waals surface area contributed by atoms with E-state index in [1.54, 1.807) is 0 Å². The zero-order chi connectivity index (χ0) is 21.5. The summed E-state index contributed by atoms with van der Waals surface area (Å²) >= 11 is 11.7. The maximum absolute atomic E-state index is 6.00. The van der Waals surface area contributed by atoms with E-state index in [2.05, 4.69) is 24.3 Å². The van der Waals surface area contributed by atoms with Crippen LogP contribution in [0, 0.1) is 0 Å². The van der Waals surface area contributed by atoms with Crippen molar-refractivity contribution in [2.45, 2.75) is 18.2 Å². The van der Waals surface area contributed by atoms with Crippen LogP contribution >= 0.6 is 23.2 Å². The second-order valence-corrected chi connectivity index (χ2v) is 7.77. The molecule has 0 aliphatic rings. The van der Waals surface area contributed by atoms with Gasteiger partial charge in [-0.05, 0) is 77.2 Å². The van der Waals surface area contributed by atoms with Crippen molar-refractivity contribution < 1.29 is 9.47 Å². The van der Waals surface area contributed by atoms with E-state index >= 15 is 0 Å². The van der Waals surface area contributed by atoms with Crippen molar-refractivity contribution in [2.75, 3.05) is 0 Å². The van der Waals surface area contributed by atoms with Crippen LogP contribution in [0.15, 0.2) is 97.1 Å². The Morgan fingerprint density at radius 3 is 1.26 bits per heavy atom. The van der Waals surface area contributed by atoms with Gasteiger partial charge < -0.3 is 9.47 Å². The highest BCUT2D eigenvalue weighted by molar-refractivity contribution is 6.17. The normalized spacial score (nSPS) is 10.6. The zero-order valence-corrected chi connectivity index (χ0v) is 18.4. The predicted octanol–water partition coefficient (Wildman–Crippen LogP) is 8.34. The molecule has 0 unspecified atom stereocenters. The van der Waals surface area contributed by atoms with E-state index in [0.717, 1.165) is 40.5 Å². The Kier molecular flexibility index (Phi) is 7.14. The molecular formula is C27H22Cl2O2. The largest absolute Gasteiger partial charge is 0.457 e. The predicted molar refractivity (Wildman–Crippen MR) is 128 cm³/mol. The molecule has 4 aromatic rings. The van der Waals surface area contributed by atoms with Crippen LogP contribution in [0.2, 0.25) is 0 Å². The van der Waals surface area contributed by atoms with Gasteiger partial charge in [0.05, 0.1) is 0 Å². The summed E-state index contributed by atoms with van der Waals surface area (Å²) in [6.07, 6.45) is 0.783. The van der Waals surface area contributed by atoms with Gasteiger partial charge in [-0.15, -0.1) is 23.2 Å². The van der Waals surface area contributed by atoms with Gasteiger partial charge in [0.1, 0.15) is 23.0 Å². The highest BCUT2D eigenvalue weighted by Crippen LogP contribution is 2.26. The van der Waals surface area contributed by atoms with Crippen molar-refractivity contribution in [3.05, 3.63) is 119 Å². The molecular weight excluding hydrogens is 427 g/mol. The molecule has 156 valence electrons. The van der Waals surface area contributed by atoms with Crippen LogP contribution in [0.25, 0.3) is 0 Å². The van der Waals surface area contributed by atoms with Gasteiger partial charge in [0.25, 0.3) is 0 Å². The molecule has 0 heterocycles. The number of rotatable bonds is 8. The molecule has 0 radical (unpaired) electrons. The highest BCUT2D eigenvalue weighted by Gasteiger charge is 2.04. The molecule has 0 fully saturated rings. The lowest BCUT2D eigenvalue weighted by atomic mass is 10.0. The maximum Gasteiger partial charge on any atom is 0.127 e. The van der Waals surface area contributed by atoms with Gasteiger partial charge in [0.15, 0.2) is 0 Å². The second kappa shape index (κ2) is 10.4. The fraction of sp³-hybridized carbons (Fsp3) is 0.111. The lowest BCUT2D eigenvalue weighted by molar-refractivity contribution is 0.481. The van der Waals surface area contributed by atoms with Crippen LogP contribution in [0.3, 0.4) is 0 Å². The minimum absolute atomic E-state index is 0.497. The molecule has 0 aromatic heterocycles. The third kappa shape index (κ3) is 6.04. The smallest absolute Gasteiger partial charge is 0.127 e. The molecule has 4 heteroatoms. The topological polar surface area (TPSA) is 18.5 Å². The lowest BCUT2D eigenvalue weighted by Gasteiger charge is -2.10. The third-order valence-corrected chi connectivity index (χ3v) is 5.45. The Balaban J connectivity index is 1.43. The van der Waals surface area contributed by atoms with Crippen LogP contribution in [0.1, 0.15) is 22.3 Å². The number of benzene rings is 4. The van der Waals surface area contributed by atoms with Gasteiger partial charge in [-0.1, -0.05) is 48.5 Å². The number of hydrogen-bond acceptors (Lipinski definition) is 2. The first-order valence-electron chi connectivity index (χ1n) is 10.1. The number of hydrogen-bond donors (Lipinski definition) is 0. The van der Waals surface area contributed by atoms with Crippen LogP contribution in [0.4, 0.5) is 0 Å². The molecule has 0 saturated heterocycles. The average molecular weight is 449 g/mol. The maximum atomic E-state index is 6.00. The summed E-state index contributed by atoms with van der Waals surface area (Å²) in [5.74, 6) is 4.20. The van der Waals surface area contributed by atoms with E-state index in [4.69, 9.17) is 32.7 Å². The Hall–Kier alpha value is -2.94. The minimum Gasteiger partial charge on any atom is -0.457 e. The number of alkyl halides is 2. The van der Waals surface area contributed by atoms with E-state index in [1.807, 2.05) is 72.8 Å². The number of halogens is 2. The molecule has 0 aliphatic carbocycles. The van der Waals surface area contributed by atoms with E-state index in [1.165, 1.54) is 11.1 Å². The van der Waals surface area contributed by atoms with Crippen LogP contribution in [-0.2, 0) is 18.2 Å². The van der Waals surface area contributed by atoms with Gasteiger partial charge in [-0.3, -0.25) is 0 Å². The van der Waals surface area contributed by atoms with Crippen LogP contribution in [0.5, 0.6) is 23.0 Å². The van der Waals surface area contributed by atoms with Gasteiger partial charge in [-0.2, -0.15) is 0 Å². The van der Waals surface area contributed by atoms with Crippen molar-refractivity contribution in [3.63, 3.8) is 0 Å². The van der Waals surface area contributed by atoms with Gasteiger partial charge in [-0.25, -0.2) is 0 Å². The standard InChI is InChI=1S/C27H22Cl2O2/c28-18-20-7-11-24(12-8-20)30-26-5-1-3-22(16-26)15-23-4-2-6-27(17-23)31-25-13-9-21(19-29)10-14-25/h1-14,16-17H,15,18-19H2. The monoisotopic (exact) mass is 448 g/mol. The first-order chi connectivity index (χ1) is 15.2. The quantitative estimate of drug-likeness (QED) is 0.252. The van der Waals surface area contributed by atoms with Gasteiger partial charge in [0.2, 0.25) is 0 Å². The molecule has 4 aromatic carbocycles. The summed E-state index contributed by atoms with van der Waals surface area (Å²) in [5.41, 5.74) is 4.47. The molecule has 31 heavy (non-hydrogen) atoms. The Bertz CT molecular complexity index is 1030. The molecule has 0 atom stereocenters. The summed E-state index contributed by atoms with van der Waals surface area (Å²) in [7, 11) is 0. The fourth-order valence-corrected chi connectivity index (χ4v) is 3.60. The Morgan fingerprint density at radius 1 is 0.452 bits per heavy atom. The van der Waals surface area contributed by atoms with E-state index < -0.39 is 0 Å². The first-order valence-corrected chi connectivity index (χ1v) is 11.1. The summed E-state index contributed by atoms with van der Waals surface area (Å²) in [4.78, 5) is 0. The summed E-state index contributed by atoms with van der Waals surface area (Å²) in [5, 5.41) is 0. The van der Waals surface area contributed by atoms with Crippen molar-refractivity contribution in [1.29, 1.82) is 0 Å². The van der Waals surface area contributed by atoms with Gasteiger partial charge in [0, 0.05) is 11.8 Å². The van der Waals surface area contributed by atoms with E-state index in [9.17, 15) is 0 Å². The van der Waals surface area contributed by atoms with Crippen LogP contribution < -0.4 is 9.47 Å². The molecule has 0 bridgehead atoms. The molecule has 4 rings (SSSR count). The Labute approximate surface area is 193 Å². The second-order valence-electron chi connectivity index (χ2n) is 7.23. The molecule has 0 amide bonds. The van der Waals surface area contributed by atoms with E-state index in [0.29, 0.717) is 11.8 Å². The Morgan fingerprint density at radius 2 is 0.871 bits per heavy atom. The summed E-state index contributed by atoms with van der Waals surface area (Å²) < 4.78 is 12.0. The minimum atomic E-state index is 0.497. The first kappa shape index (κ1) is 21.3. The summed E-state index contributed by atoms with van der Waals surface area (Å²) in [6.45, 7) is 0. The van der Waals surface area contributed by atoms with Crippen molar-refractivity contribution in [2.24, 2.45) is 0 Å². The third-order valence-electron chi connectivity index (χ3n) is 4.83. The summed E-state index contributed by atoms with van der Waals surface area (Å²) in [6, 6.07) is 31.9. The molecule has 0 aliphatic heterocycles. The average Bonchev–Trinajstić information content (AvgIpc) is 2.81. The molecule has 0 N–H and O–H groups in total. The van der Waals surface area contributed by atoms with Crippen molar-refractivity contribution in [3.8, 4) is 23.0 Å². The van der Waals surface area contributed by atoms with Crippen LogP contribution in [-0.4, -0.2) is 0 Å². The van der Waals surface area contributed by atoms with Crippen molar-refractivity contribution >= 4 is 23.2 Å². The van der Waals surface area contributed by atoms with Crippen molar-refractivity contribution in [1.82, 2.24) is 0 Å². The molecule has 0 saturated carbocycles. The molecule has 2 nitrogen and oxygen atoms in total. The van der Waals surface area contributed by atoms with Gasteiger partial charge >= 0.3 is 0 Å².